The number of hydrogen-bond acceptors (Lipinski definition) is 6. The van der Waals surface area contributed by atoms with Crippen molar-refractivity contribution >= 4 is 29.1 Å². The van der Waals surface area contributed by atoms with Crippen molar-refractivity contribution in [3.63, 3.8) is 0 Å². The summed E-state index contributed by atoms with van der Waals surface area (Å²) in [6.07, 6.45) is 0.598. The van der Waals surface area contributed by atoms with E-state index in [0.717, 1.165) is 0 Å². The number of nitrogens with zero attached hydrogens (tertiary/aromatic N) is 2. The van der Waals surface area contributed by atoms with Crippen LogP contribution in [0.15, 0.2) is 0 Å². The average molecular weight is 218 g/mol. The maximum atomic E-state index is 8.57. The first-order valence-electron chi connectivity index (χ1n) is 4.08. The molecule has 78 valence electrons. The van der Waals surface area contributed by atoms with E-state index in [1.807, 2.05) is 0 Å². The van der Waals surface area contributed by atoms with Gasteiger partial charge in [0.25, 0.3) is 0 Å². The summed E-state index contributed by atoms with van der Waals surface area (Å²) in [6, 6.07) is 0. The molecule has 14 heavy (non-hydrogen) atoms. The molecule has 0 aromatic carbocycles. The Labute approximate surface area is 86.3 Å². The van der Waals surface area contributed by atoms with Crippen molar-refractivity contribution in [3.05, 3.63) is 5.15 Å². The van der Waals surface area contributed by atoms with Crippen LogP contribution >= 0.6 is 11.6 Å². The lowest BCUT2D eigenvalue weighted by molar-refractivity contribution is 0.292. The van der Waals surface area contributed by atoms with E-state index in [-0.39, 0.29) is 23.4 Å². The molecule has 0 bridgehead atoms. The van der Waals surface area contributed by atoms with Crippen LogP contribution in [0.1, 0.15) is 6.42 Å². The zero-order chi connectivity index (χ0) is 10.6. The first-order chi connectivity index (χ1) is 6.65. The third kappa shape index (κ3) is 2.61. The van der Waals surface area contributed by atoms with Crippen LogP contribution in [-0.4, -0.2) is 28.2 Å². The van der Waals surface area contributed by atoms with Gasteiger partial charge < -0.3 is 21.9 Å². The smallest absolute Gasteiger partial charge is 0.223 e. The summed E-state index contributed by atoms with van der Waals surface area (Å²) in [5.74, 6) is 0.464. The number of nitrogens with two attached hydrogens (primary N) is 2. The molecule has 0 aliphatic rings. The second-order valence-corrected chi connectivity index (χ2v) is 3.00. The van der Waals surface area contributed by atoms with Gasteiger partial charge in [0.15, 0.2) is 11.0 Å². The van der Waals surface area contributed by atoms with Gasteiger partial charge in [-0.05, 0) is 6.42 Å². The number of hydrogen-bond donors (Lipinski definition) is 4. The molecule has 1 rings (SSSR count). The first-order valence-corrected chi connectivity index (χ1v) is 4.46. The van der Waals surface area contributed by atoms with Crippen molar-refractivity contribution in [1.82, 2.24) is 9.97 Å². The Bertz CT molecular complexity index is 319. The lowest BCUT2D eigenvalue weighted by Gasteiger charge is -2.08. The maximum absolute atomic E-state index is 8.57. The van der Waals surface area contributed by atoms with Gasteiger partial charge in [-0.1, -0.05) is 11.6 Å². The highest BCUT2D eigenvalue weighted by atomic mass is 35.5. The molecule has 0 radical (unpaired) electrons. The molecule has 1 heterocycles. The van der Waals surface area contributed by atoms with Gasteiger partial charge in [-0.15, -0.1) is 0 Å². The Kier molecular flexibility index (Phi) is 3.73. The quantitative estimate of drug-likeness (QED) is 0.420. The van der Waals surface area contributed by atoms with E-state index in [2.05, 4.69) is 15.3 Å². The molecule has 0 unspecified atom stereocenters. The molecule has 0 aliphatic heterocycles. The molecule has 1 aromatic heterocycles. The minimum atomic E-state index is 0.0655. The number of aliphatic hydroxyl groups is 1. The van der Waals surface area contributed by atoms with Gasteiger partial charge in [-0.3, -0.25) is 0 Å². The number of nitrogen functional groups attached to an aromatic ring is 2. The molecule has 0 saturated carbocycles. The Morgan fingerprint density at radius 2 is 2.07 bits per heavy atom. The molecule has 0 saturated heterocycles. The lowest BCUT2D eigenvalue weighted by Crippen LogP contribution is -2.10. The fourth-order valence-corrected chi connectivity index (χ4v) is 1.05. The lowest BCUT2D eigenvalue weighted by atomic mass is 10.4. The summed E-state index contributed by atoms with van der Waals surface area (Å²) in [4.78, 5) is 7.55. The predicted octanol–water partition coefficient (Wildman–Crippen LogP) is 0.0887. The fourth-order valence-electron chi connectivity index (χ4n) is 0.879. The molecule has 0 spiro atoms. The van der Waals surface area contributed by atoms with Crippen LogP contribution in [0.4, 0.5) is 17.5 Å². The van der Waals surface area contributed by atoms with Crippen molar-refractivity contribution in [1.29, 1.82) is 0 Å². The van der Waals surface area contributed by atoms with Crippen molar-refractivity contribution in [3.8, 4) is 0 Å². The van der Waals surface area contributed by atoms with Crippen LogP contribution in [0, 0.1) is 0 Å². The third-order valence-corrected chi connectivity index (χ3v) is 1.83. The van der Waals surface area contributed by atoms with E-state index >= 15 is 0 Å². The van der Waals surface area contributed by atoms with Gasteiger partial charge in [0, 0.05) is 13.2 Å². The summed E-state index contributed by atoms with van der Waals surface area (Å²) in [5.41, 5.74) is 11.2. The number of rotatable bonds is 4. The summed E-state index contributed by atoms with van der Waals surface area (Å²) in [5, 5.41) is 11.6. The Balaban J connectivity index is 2.75. The Hall–Kier alpha value is -1.27. The summed E-state index contributed by atoms with van der Waals surface area (Å²) in [6.45, 7) is 0.648. The fraction of sp³-hybridized carbons (Fsp3) is 0.429. The molecule has 1 aromatic rings. The molecule has 0 amide bonds. The molecular formula is C7H12ClN5O. The standard InChI is InChI=1S/C7H12ClN5O/c8-5-4(9)6(11-2-1-3-14)13-7(10)12-5/h14H,1-3,9H2,(H3,10,11,12,13). The maximum Gasteiger partial charge on any atom is 0.223 e. The van der Waals surface area contributed by atoms with Crippen LogP contribution in [0.3, 0.4) is 0 Å². The van der Waals surface area contributed by atoms with Gasteiger partial charge in [0.05, 0.1) is 0 Å². The molecule has 0 atom stereocenters. The van der Waals surface area contributed by atoms with Crippen LogP contribution in [0.25, 0.3) is 0 Å². The van der Waals surface area contributed by atoms with Crippen molar-refractivity contribution in [2.45, 2.75) is 6.42 Å². The highest BCUT2D eigenvalue weighted by Gasteiger charge is 2.07. The van der Waals surface area contributed by atoms with Gasteiger partial charge in [-0.25, -0.2) is 0 Å². The normalized spacial score (nSPS) is 10.1. The van der Waals surface area contributed by atoms with E-state index < -0.39 is 0 Å². The highest BCUT2D eigenvalue weighted by Crippen LogP contribution is 2.23. The van der Waals surface area contributed by atoms with Crippen LogP contribution in [0.2, 0.25) is 5.15 Å². The highest BCUT2D eigenvalue weighted by molar-refractivity contribution is 6.32. The zero-order valence-electron chi connectivity index (χ0n) is 7.50. The topological polar surface area (TPSA) is 110 Å². The molecular weight excluding hydrogens is 206 g/mol. The van der Waals surface area contributed by atoms with Crippen LogP contribution < -0.4 is 16.8 Å². The first kappa shape index (κ1) is 10.8. The third-order valence-electron chi connectivity index (χ3n) is 1.54. The minimum Gasteiger partial charge on any atom is -0.396 e. The van der Waals surface area contributed by atoms with Gasteiger partial charge in [0.2, 0.25) is 5.95 Å². The van der Waals surface area contributed by atoms with E-state index in [1.165, 1.54) is 0 Å². The summed E-state index contributed by atoms with van der Waals surface area (Å²) >= 11 is 5.69. The number of halogens is 1. The van der Waals surface area contributed by atoms with E-state index in [1.54, 1.807) is 0 Å². The van der Waals surface area contributed by atoms with Crippen LogP contribution in [-0.2, 0) is 0 Å². The number of nitrogens with one attached hydrogen (secondary N) is 1. The van der Waals surface area contributed by atoms with Crippen molar-refractivity contribution < 1.29 is 5.11 Å². The van der Waals surface area contributed by atoms with Gasteiger partial charge >= 0.3 is 0 Å². The second kappa shape index (κ2) is 4.83. The van der Waals surface area contributed by atoms with Gasteiger partial charge in [-0.2, -0.15) is 9.97 Å². The Morgan fingerprint density at radius 3 is 2.71 bits per heavy atom. The Morgan fingerprint density at radius 1 is 1.36 bits per heavy atom. The summed E-state index contributed by atoms with van der Waals surface area (Å²) < 4.78 is 0. The average Bonchev–Trinajstić information content (AvgIpc) is 2.13. The second-order valence-electron chi connectivity index (χ2n) is 2.64. The largest absolute Gasteiger partial charge is 0.396 e. The molecule has 6 nitrogen and oxygen atoms in total. The molecule has 6 N–H and O–H groups in total. The molecule has 0 aliphatic carbocycles. The number of aromatic nitrogens is 2. The van der Waals surface area contributed by atoms with E-state index in [4.69, 9.17) is 28.2 Å². The monoisotopic (exact) mass is 217 g/mol. The van der Waals surface area contributed by atoms with Gasteiger partial charge in [0.1, 0.15) is 5.69 Å². The van der Waals surface area contributed by atoms with E-state index in [9.17, 15) is 0 Å². The van der Waals surface area contributed by atoms with E-state index in [0.29, 0.717) is 18.8 Å². The molecule has 7 heteroatoms. The van der Waals surface area contributed by atoms with Crippen molar-refractivity contribution in [2.75, 3.05) is 29.9 Å². The number of aliphatic hydroxyl groups excluding tert-OH is 1. The predicted molar refractivity (Wildman–Crippen MR) is 56.1 cm³/mol. The number of anilines is 3. The SMILES string of the molecule is Nc1nc(Cl)c(N)c(NCCCO)n1. The van der Waals surface area contributed by atoms with Crippen molar-refractivity contribution in [2.24, 2.45) is 0 Å². The van der Waals surface area contributed by atoms with Crippen LogP contribution in [0.5, 0.6) is 0 Å². The molecule has 0 fully saturated rings. The minimum absolute atomic E-state index is 0.0655. The zero-order valence-corrected chi connectivity index (χ0v) is 8.25. The summed E-state index contributed by atoms with van der Waals surface area (Å²) in [7, 11) is 0.